The molecule has 2 aliphatic heterocycles. The van der Waals surface area contributed by atoms with Gasteiger partial charge in [0.15, 0.2) is 0 Å². The molecule has 2 aromatic rings. The third-order valence-electron chi connectivity index (χ3n) is 6.45. The van der Waals surface area contributed by atoms with Crippen LogP contribution in [-0.2, 0) is 23.0 Å². The van der Waals surface area contributed by atoms with E-state index in [-0.39, 0.29) is 32.5 Å². The summed E-state index contributed by atoms with van der Waals surface area (Å²) < 4.78 is 31.3. The number of nitrogens with zero attached hydrogens (tertiary/aromatic N) is 3. The molecule has 0 unspecified atom stereocenters. The molecular weight excluding hydrogens is 553 g/mol. The average Bonchev–Trinajstić information content (AvgIpc) is 3.49. The second-order valence-corrected chi connectivity index (χ2v) is 10.5. The van der Waals surface area contributed by atoms with Gasteiger partial charge in [-0.2, -0.15) is 5.26 Å². The fraction of sp³-hybridized carbons (Fsp3) is 0.609. The molecule has 0 bridgehead atoms. The second kappa shape index (κ2) is 13.1. The van der Waals surface area contributed by atoms with Crippen LogP contribution in [0.25, 0.3) is 0 Å². The highest BCUT2D eigenvalue weighted by molar-refractivity contribution is 7.41. The summed E-state index contributed by atoms with van der Waals surface area (Å²) in [6, 6.07) is 1.94. The smallest absolute Gasteiger partial charge is 0.333 e. The van der Waals surface area contributed by atoms with E-state index in [1.807, 2.05) is 6.07 Å². The summed E-state index contributed by atoms with van der Waals surface area (Å²) in [4.78, 5) is 52.3. The zero-order valence-corrected chi connectivity index (χ0v) is 22.6. The number of aliphatic hydroxyl groups is 2. The van der Waals surface area contributed by atoms with Crippen LogP contribution in [0.15, 0.2) is 31.6 Å². The first kappa shape index (κ1) is 30.0. The summed E-state index contributed by atoms with van der Waals surface area (Å²) in [5.41, 5.74) is -1.80. The SMILES string of the molecule is Cc1cn([C@H]2C[C@H](O[P@](OCCC#N)OC[C@H]3O[C@@H](n4cc(C)c(=O)[nH]c4=O)C[C@@H]3O)[C@@H](CO)O2)c(=O)[nH]c1=O. The number of rotatable bonds is 11. The fourth-order valence-corrected chi connectivity index (χ4v) is 5.44. The maximum atomic E-state index is 12.3. The number of hydrogen-bond donors (Lipinski definition) is 4. The Morgan fingerprint density at radius 3 is 2.15 bits per heavy atom. The minimum Gasteiger partial charge on any atom is -0.394 e. The maximum absolute atomic E-state index is 12.3. The van der Waals surface area contributed by atoms with E-state index >= 15 is 0 Å². The Bertz CT molecular complexity index is 1460. The first-order chi connectivity index (χ1) is 19.1. The van der Waals surface area contributed by atoms with Gasteiger partial charge in [-0.25, -0.2) is 9.59 Å². The number of hydrogen-bond acceptors (Lipinski definition) is 12. The molecule has 2 saturated heterocycles. The summed E-state index contributed by atoms with van der Waals surface area (Å²) in [6.07, 6.45) is -2.30. The lowest BCUT2D eigenvalue weighted by Crippen LogP contribution is -2.33. The second-order valence-electron chi connectivity index (χ2n) is 9.34. The Balaban J connectivity index is 1.43. The lowest BCUT2D eigenvalue weighted by Gasteiger charge is -2.24. The van der Waals surface area contributed by atoms with Crippen LogP contribution in [0, 0.1) is 25.2 Å². The molecule has 16 nitrogen and oxygen atoms in total. The highest BCUT2D eigenvalue weighted by Crippen LogP contribution is 2.46. The number of aromatic amines is 2. The van der Waals surface area contributed by atoms with Gasteiger partial charge in [0.25, 0.3) is 11.1 Å². The van der Waals surface area contributed by atoms with Gasteiger partial charge in [-0.05, 0) is 13.8 Å². The van der Waals surface area contributed by atoms with E-state index in [4.69, 9.17) is 28.3 Å². The van der Waals surface area contributed by atoms with E-state index in [0.29, 0.717) is 11.1 Å². The number of nitrogens with one attached hydrogen (secondary N) is 2. The van der Waals surface area contributed by atoms with Crippen LogP contribution >= 0.6 is 8.60 Å². The van der Waals surface area contributed by atoms with Crippen molar-refractivity contribution in [2.45, 2.75) is 70.0 Å². The quantitative estimate of drug-likeness (QED) is 0.188. The van der Waals surface area contributed by atoms with Gasteiger partial charge >= 0.3 is 20.0 Å². The van der Waals surface area contributed by atoms with Crippen molar-refractivity contribution in [2.24, 2.45) is 0 Å². The van der Waals surface area contributed by atoms with Gasteiger partial charge in [0.05, 0.1) is 44.5 Å². The molecule has 0 saturated carbocycles. The fourth-order valence-electron chi connectivity index (χ4n) is 4.29. The molecule has 40 heavy (non-hydrogen) atoms. The van der Waals surface area contributed by atoms with Gasteiger partial charge < -0.3 is 33.3 Å². The number of aliphatic hydroxyl groups excluding tert-OH is 2. The van der Waals surface area contributed by atoms with Gasteiger partial charge in [-0.1, -0.05) is 0 Å². The lowest BCUT2D eigenvalue weighted by atomic mass is 10.2. The number of nitriles is 1. The number of aryl methyl sites for hydroxylation is 2. The summed E-state index contributed by atoms with van der Waals surface area (Å²) >= 11 is 0. The molecular formula is C23H30N5O11P. The molecule has 218 valence electrons. The zero-order valence-electron chi connectivity index (χ0n) is 21.7. The summed E-state index contributed by atoms with van der Waals surface area (Å²) in [5.74, 6) is 0. The standard InChI is InChI=1S/C23H30N5O11P/c1-12-8-27(22(33)25-20(12)31)18-6-14(30)17(38-18)11-36-40(35-5-3-4-24)39-15-7-19(37-16(15)10-29)28-9-13(2)21(32)26-23(28)34/h8-9,14-19,29-30H,3,5-7,10-11H2,1-2H3,(H,25,31,33)(H,26,32,34)/t14-,15-,16+,17+,18+,19+,40+/m0/s1. The Morgan fingerprint density at radius 1 is 1.00 bits per heavy atom. The summed E-state index contributed by atoms with van der Waals surface area (Å²) in [7, 11) is -2.14. The van der Waals surface area contributed by atoms with E-state index in [1.165, 1.54) is 35.4 Å². The molecule has 2 aromatic heterocycles. The Kier molecular flexibility index (Phi) is 9.82. The van der Waals surface area contributed by atoms with Crippen LogP contribution in [0.4, 0.5) is 0 Å². The Labute approximate surface area is 227 Å². The molecule has 7 atom stereocenters. The number of ether oxygens (including phenoxy) is 2. The highest BCUT2D eigenvalue weighted by atomic mass is 31.2. The molecule has 4 N–H and O–H groups in total. The van der Waals surface area contributed by atoms with E-state index in [1.54, 1.807) is 0 Å². The van der Waals surface area contributed by atoms with Crippen molar-refractivity contribution in [1.82, 2.24) is 19.1 Å². The van der Waals surface area contributed by atoms with E-state index in [2.05, 4.69) is 9.97 Å². The molecule has 0 spiro atoms. The van der Waals surface area contributed by atoms with Crippen LogP contribution in [-0.4, -0.2) is 73.6 Å². The lowest BCUT2D eigenvalue weighted by molar-refractivity contribution is -0.0543. The highest BCUT2D eigenvalue weighted by Gasteiger charge is 2.41. The van der Waals surface area contributed by atoms with Gasteiger partial charge in [-0.15, -0.1) is 0 Å². The molecule has 0 amide bonds. The first-order valence-electron chi connectivity index (χ1n) is 12.4. The predicted molar refractivity (Wildman–Crippen MR) is 136 cm³/mol. The molecule has 4 rings (SSSR count). The minimum absolute atomic E-state index is 0.0235. The van der Waals surface area contributed by atoms with Gasteiger partial charge in [-0.3, -0.25) is 28.7 Å². The van der Waals surface area contributed by atoms with Crippen LogP contribution in [0.1, 0.15) is 42.8 Å². The van der Waals surface area contributed by atoms with E-state index in [0.717, 1.165) is 0 Å². The number of H-pyrrole nitrogens is 2. The van der Waals surface area contributed by atoms with Crippen molar-refractivity contribution in [3.05, 3.63) is 65.2 Å². The van der Waals surface area contributed by atoms with Gasteiger partial charge in [0.2, 0.25) is 0 Å². The third-order valence-corrected chi connectivity index (χ3v) is 7.65. The topological polar surface area (TPSA) is 220 Å². The average molecular weight is 583 g/mol. The van der Waals surface area contributed by atoms with Crippen LogP contribution in [0.2, 0.25) is 0 Å². The van der Waals surface area contributed by atoms with Crippen LogP contribution in [0.5, 0.6) is 0 Å². The van der Waals surface area contributed by atoms with Crippen molar-refractivity contribution in [1.29, 1.82) is 5.26 Å². The van der Waals surface area contributed by atoms with Crippen LogP contribution < -0.4 is 22.5 Å². The molecule has 0 aliphatic carbocycles. The molecule has 4 heterocycles. The molecule has 17 heteroatoms. The minimum atomic E-state index is -2.14. The largest absolute Gasteiger partial charge is 0.394 e. The van der Waals surface area contributed by atoms with Crippen LogP contribution in [0.3, 0.4) is 0 Å². The van der Waals surface area contributed by atoms with Crippen molar-refractivity contribution in [2.75, 3.05) is 19.8 Å². The summed E-state index contributed by atoms with van der Waals surface area (Å²) in [5, 5.41) is 29.3. The van der Waals surface area contributed by atoms with Gasteiger partial charge in [0, 0.05) is 36.4 Å². The van der Waals surface area contributed by atoms with E-state index in [9.17, 15) is 29.4 Å². The van der Waals surface area contributed by atoms with E-state index < -0.39 is 74.6 Å². The summed E-state index contributed by atoms with van der Waals surface area (Å²) in [6.45, 7) is 2.40. The third kappa shape index (κ3) is 6.82. The van der Waals surface area contributed by atoms with Crippen molar-refractivity contribution in [3.63, 3.8) is 0 Å². The maximum Gasteiger partial charge on any atom is 0.333 e. The zero-order chi connectivity index (χ0) is 29.0. The first-order valence-corrected chi connectivity index (χ1v) is 13.5. The Hall–Kier alpha value is -3.00. The monoisotopic (exact) mass is 583 g/mol. The number of aromatic nitrogens is 4. The molecule has 2 aliphatic rings. The predicted octanol–water partition coefficient (Wildman–Crippen LogP) is -0.809. The molecule has 0 aromatic carbocycles. The normalized spacial score (nSPS) is 27.1. The van der Waals surface area contributed by atoms with Gasteiger partial charge in [0.1, 0.15) is 24.7 Å². The van der Waals surface area contributed by atoms with Crippen molar-refractivity contribution >= 4 is 8.60 Å². The molecule has 0 radical (unpaired) electrons. The Morgan fingerprint density at radius 2 is 1.57 bits per heavy atom. The van der Waals surface area contributed by atoms with Crippen molar-refractivity contribution in [3.8, 4) is 6.07 Å². The molecule has 2 fully saturated rings. The van der Waals surface area contributed by atoms with Crippen molar-refractivity contribution < 1.29 is 33.3 Å².